The molecule has 4 nitrogen and oxygen atoms in total. The van der Waals surface area contributed by atoms with Crippen molar-refractivity contribution in [1.82, 2.24) is 4.90 Å². The van der Waals surface area contributed by atoms with Crippen molar-refractivity contribution in [2.45, 2.75) is 169 Å². The zero-order chi connectivity index (χ0) is 39.7. The molecule has 9 atom stereocenters. The molecule has 56 heavy (non-hydrogen) atoms. The van der Waals surface area contributed by atoms with Crippen LogP contribution in [-0.2, 0) is 20.8 Å². The topological polar surface area (TPSA) is 54.5 Å². The first-order valence-corrected chi connectivity index (χ1v) is 22.5. The number of fused-ring (bicyclic) bond motifs is 4. The normalized spacial score (nSPS) is 30.3. The van der Waals surface area contributed by atoms with Gasteiger partial charge in [-0.1, -0.05) is 115 Å². The van der Waals surface area contributed by atoms with E-state index in [1.54, 1.807) is 11.1 Å². The van der Waals surface area contributed by atoms with Crippen molar-refractivity contribution in [3.63, 3.8) is 0 Å². The molecule has 2 aromatic carbocycles. The minimum atomic E-state index is 0.0000570. The molecule has 0 bridgehead atoms. The van der Waals surface area contributed by atoms with E-state index < -0.39 is 0 Å². The molecular formula is C52H69NO3. The maximum absolute atomic E-state index is 13.7. The minimum absolute atomic E-state index is 0.0000570. The van der Waals surface area contributed by atoms with E-state index in [2.05, 4.69) is 108 Å². The number of carbonyl (C=O) groups is 3. The van der Waals surface area contributed by atoms with Gasteiger partial charge in [0.15, 0.2) is 0 Å². The fourth-order valence-electron chi connectivity index (χ4n) is 12.2. The van der Waals surface area contributed by atoms with E-state index in [4.69, 9.17) is 0 Å². The Labute approximate surface area is 338 Å². The predicted octanol–water partition coefficient (Wildman–Crippen LogP) is 12.7. The van der Waals surface area contributed by atoms with Gasteiger partial charge in [0.2, 0.25) is 0 Å². The van der Waals surface area contributed by atoms with Crippen LogP contribution in [0.1, 0.15) is 177 Å². The molecule has 0 amide bonds. The Morgan fingerprint density at radius 1 is 0.786 bits per heavy atom. The molecule has 2 fully saturated rings. The van der Waals surface area contributed by atoms with Gasteiger partial charge in [-0.2, -0.15) is 0 Å². The van der Waals surface area contributed by atoms with Gasteiger partial charge in [-0.05, 0) is 132 Å². The van der Waals surface area contributed by atoms with Gasteiger partial charge in [-0.15, -0.1) is 0 Å². The van der Waals surface area contributed by atoms with E-state index in [0.29, 0.717) is 85.0 Å². The molecule has 7 rings (SSSR count). The molecule has 2 aromatic rings. The summed E-state index contributed by atoms with van der Waals surface area (Å²) in [5.41, 5.74) is 12.9. The van der Waals surface area contributed by atoms with Crippen LogP contribution in [0.2, 0.25) is 0 Å². The smallest absolute Gasteiger partial charge is 0.150 e. The zero-order valence-electron chi connectivity index (χ0n) is 35.7. The summed E-state index contributed by atoms with van der Waals surface area (Å²) in [5, 5.41) is 0. The second-order valence-corrected chi connectivity index (χ2v) is 19.0. The summed E-state index contributed by atoms with van der Waals surface area (Å²) in [6, 6.07) is 16.2. The standard InChI is InChI=1S/C52H69NO3/c1-32-20-23-39(24-21-32)46-31-41(45-27-22-34(3)50(45)47-29-35(4)36(5)51(46)47)30-43(55)17-11-9-8-10-16-42(54)26-25-40-15-13-18-44-37(6)53(38(7)52(40)44)48-19-12-14-33(2)28-49(48)56/h13,15,18,20-24,27,33,37-38,41,46-48,50-51H,8-12,14,16-17,19,25-26,28-31H2,1-7H3. The van der Waals surface area contributed by atoms with Crippen molar-refractivity contribution in [2.24, 2.45) is 29.6 Å². The van der Waals surface area contributed by atoms with E-state index in [9.17, 15) is 14.4 Å². The Bertz CT molecular complexity index is 1880. The highest BCUT2D eigenvalue weighted by atomic mass is 16.1. The van der Waals surface area contributed by atoms with Gasteiger partial charge in [0.1, 0.15) is 17.3 Å². The van der Waals surface area contributed by atoms with Crippen LogP contribution < -0.4 is 0 Å². The highest BCUT2D eigenvalue weighted by Crippen LogP contribution is 2.58. The lowest BCUT2D eigenvalue weighted by atomic mass is 9.72. The molecule has 4 heteroatoms. The van der Waals surface area contributed by atoms with Gasteiger partial charge < -0.3 is 0 Å². The monoisotopic (exact) mass is 756 g/mol. The summed E-state index contributed by atoms with van der Waals surface area (Å²) in [4.78, 5) is 42.6. The van der Waals surface area contributed by atoms with Crippen LogP contribution in [0.15, 0.2) is 76.9 Å². The number of unbranched alkanes of at least 4 members (excludes halogenated alkanes) is 3. The average Bonchev–Trinajstić information content (AvgIpc) is 3.69. The second kappa shape index (κ2) is 17.6. The maximum atomic E-state index is 13.7. The molecule has 1 heterocycles. The molecule has 0 radical (unpaired) electrons. The van der Waals surface area contributed by atoms with Crippen molar-refractivity contribution in [2.75, 3.05) is 0 Å². The summed E-state index contributed by atoms with van der Waals surface area (Å²) >= 11 is 0. The van der Waals surface area contributed by atoms with Crippen LogP contribution in [0.4, 0.5) is 0 Å². The third-order valence-corrected chi connectivity index (χ3v) is 15.2. The summed E-state index contributed by atoms with van der Waals surface area (Å²) in [5.74, 6) is 3.96. The summed E-state index contributed by atoms with van der Waals surface area (Å²) in [7, 11) is 0. The van der Waals surface area contributed by atoms with Crippen LogP contribution in [0.25, 0.3) is 0 Å². The van der Waals surface area contributed by atoms with Gasteiger partial charge in [-0.3, -0.25) is 19.3 Å². The second-order valence-electron chi connectivity index (χ2n) is 19.0. The van der Waals surface area contributed by atoms with Crippen LogP contribution in [-0.4, -0.2) is 28.3 Å². The first-order chi connectivity index (χ1) is 26.9. The van der Waals surface area contributed by atoms with Crippen LogP contribution in [0, 0.1) is 36.5 Å². The number of hydrogen-bond acceptors (Lipinski definition) is 4. The lowest BCUT2D eigenvalue weighted by molar-refractivity contribution is -0.126. The van der Waals surface area contributed by atoms with Crippen molar-refractivity contribution in [3.8, 4) is 0 Å². The molecule has 0 spiro atoms. The van der Waals surface area contributed by atoms with Crippen LogP contribution in [0.3, 0.4) is 0 Å². The van der Waals surface area contributed by atoms with E-state index in [0.717, 1.165) is 57.8 Å². The Balaban J connectivity index is 0.878. The number of hydrogen-bond donors (Lipinski definition) is 0. The number of Topliss-reactive ketones (excluding diaryl/α,β-unsaturated/α-hetero) is 3. The number of allylic oxidation sites excluding steroid dienone is 6. The quantitative estimate of drug-likeness (QED) is 0.109. The fraction of sp³-hybridized carbons (Fsp3) is 0.596. The largest absolute Gasteiger partial charge is 0.300 e. The number of nitrogens with zero attached hydrogens (tertiary/aromatic N) is 1. The Morgan fingerprint density at radius 3 is 2.27 bits per heavy atom. The third kappa shape index (κ3) is 8.43. The molecule has 0 N–H and O–H groups in total. The van der Waals surface area contributed by atoms with Gasteiger partial charge in [0, 0.05) is 50.1 Å². The molecule has 4 aliphatic carbocycles. The molecule has 5 aliphatic rings. The number of ketones is 3. The van der Waals surface area contributed by atoms with Crippen LogP contribution >= 0.6 is 0 Å². The van der Waals surface area contributed by atoms with Crippen molar-refractivity contribution < 1.29 is 14.4 Å². The Hall–Kier alpha value is -3.37. The zero-order valence-corrected chi connectivity index (χ0v) is 35.7. The molecule has 1 aliphatic heterocycles. The lowest BCUT2D eigenvalue weighted by Crippen LogP contribution is -2.40. The van der Waals surface area contributed by atoms with Crippen molar-refractivity contribution >= 4 is 17.3 Å². The summed E-state index contributed by atoms with van der Waals surface area (Å²) < 4.78 is 0. The lowest BCUT2D eigenvalue weighted by Gasteiger charge is -2.34. The molecule has 2 saturated carbocycles. The summed E-state index contributed by atoms with van der Waals surface area (Å²) in [6.07, 6.45) is 17.9. The SMILES string of the molecule is CC1=CC=C2C(CC(=O)CCCCCCC(=O)CCc3cccc4c3C(C)N(C3CCCC(C)CC3=O)C4C)CC(c3ccc(C)cc3)C3C(C)=C(C)CC3C12. The van der Waals surface area contributed by atoms with Gasteiger partial charge in [0.05, 0.1) is 6.04 Å². The third-order valence-electron chi connectivity index (χ3n) is 15.2. The van der Waals surface area contributed by atoms with Gasteiger partial charge >= 0.3 is 0 Å². The summed E-state index contributed by atoms with van der Waals surface area (Å²) in [6.45, 7) is 15.9. The predicted molar refractivity (Wildman–Crippen MR) is 230 cm³/mol. The maximum Gasteiger partial charge on any atom is 0.150 e. The van der Waals surface area contributed by atoms with Gasteiger partial charge in [0.25, 0.3) is 0 Å². The Morgan fingerprint density at radius 2 is 1.52 bits per heavy atom. The van der Waals surface area contributed by atoms with E-state index >= 15 is 0 Å². The molecule has 0 aromatic heterocycles. The highest BCUT2D eigenvalue weighted by molar-refractivity contribution is 5.85. The number of aryl methyl sites for hydroxylation is 2. The Kier molecular flexibility index (Phi) is 12.9. The van der Waals surface area contributed by atoms with Crippen molar-refractivity contribution in [3.05, 3.63) is 105 Å². The average molecular weight is 756 g/mol. The van der Waals surface area contributed by atoms with E-state index in [1.807, 2.05) is 0 Å². The van der Waals surface area contributed by atoms with Crippen molar-refractivity contribution in [1.29, 1.82) is 0 Å². The van der Waals surface area contributed by atoms with Crippen LogP contribution in [0.5, 0.6) is 0 Å². The van der Waals surface area contributed by atoms with E-state index in [1.165, 1.54) is 45.4 Å². The first kappa shape index (κ1) is 40.8. The number of benzene rings is 2. The molecular weight excluding hydrogens is 687 g/mol. The number of carbonyl (C=O) groups excluding carboxylic acids is 3. The molecule has 300 valence electrons. The molecule has 0 saturated heterocycles. The molecule has 9 unspecified atom stereocenters. The van der Waals surface area contributed by atoms with E-state index in [-0.39, 0.29) is 18.1 Å². The first-order valence-electron chi connectivity index (χ1n) is 22.5. The fourth-order valence-corrected chi connectivity index (χ4v) is 12.2. The number of rotatable bonds is 14. The van der Waals surface area contributed by atoms with Gasteiger partial charge in [-0.25, -0.2) is 0 Å². The highest BCUT2D eigenvalue weighted by Gasteiger charge is 2.48. The minimum Gasteiger partial charge on any atom is -0.300 e.